The molecular weight excluding hydrogens is 246 g/mol. The number of rotatable bonds is 16. The highest BCUT2D eigenvalue weighted by Gasteiger charge is 2.04. The largest absolute Gasteiger partial charge is 0.396 e. The quantitative estimate of drug-likeness (QED) is 0.403. The van der Waals surface area contributed by atoms with Gasteiger partial charge in [-0.2, -0.15) is 0 Å². The zero-order valence-corrected chi connectivity index (χ0v) is 14.2. The summed E-state index contributed by atoms with van der Waals surface area (Å²) in [5.41, 5.74) is 0. The molecule has 122 valence electrons. The Morgan fingerprint density at radius 3 is 1.35 bits per heavy atom. The predicted octanol–water partition coefficient (Wildman–Crippen LogP) is 5.00. The van der Waals surface area contributed by atoms with E-state index in [9.17, 15) is 0 Å². The van der Waals surface area contributed by atoms with Crippen LogP contribution < -0.4 is 0 Å². The first-order valence-corrected chi connectivity index (χ1v) is 9.18. The van der Waals surface area contributed by atoms with E-state index in [-0.39, 0.29) is 0 Å². The summed E-state index contributed by atoms with van der Waals surface area (Å²) in [7, 11) is 0. The van der Waals surface area contributed by atoms with Crippen LogP contribution in [0.5, 0.6) is 0 Å². The number of nitrogens with zero attached hydrogens (tertiary/aromatic N) is 1. The van der Waals surface area contributed by atoms with Crippen LogP contribution in [0, 0.1) is 0 Å². The zero-order chi connectivity index (χ0) is 14.9. The summed E-state index contributed by atoms with van der Waals surface area (Å²) in [6.45, 7) is 8.78. The first-order chi connectivity index (χ1) is 9.85. The van der Waals surface area contributed by atoms with E-state index in [2.05, 4.69) is 18.7 Å². The van der Waals surface area contributed by atoms with Gasteiger partial charge in [0.15, 0.2) is 0 Å². The Hall–Kier alpha value is -0.0800. The average molecular weight is 286 g/mol. The Kier molecular flexibility index (Phi) is 16.9. The number of hydrogen-bond donors (Lipinski definition) is 1. The van der Waals surface area contributed by atoms with Crippen LogP contribution in [0.4, 0.5) is 0 Å². The Bertz CT molecular complexity index is 161. The van der Waals surface area contributed by atoms with Gasteiger partial charge in [-0.3, -0.25) is 0 Å². The Morgan fingerprint density at radius 1 is 0.550 bits per heavy atom. The van der Waals surface area contributed by atoms with Gasteiger partial charge in [0.25, 0.3) is 0 Å². The van der Waals surface area contributed by atoms with Gasteiger partial charge in [0.05, 0.1) is 0 Å². The van der Waals surface area contributed by atoms with E-state index in [1.54, 1.807) is 0 Å². The van der Waals surface area contributed by atoms with E-state index in [0.717, 1.165) is 6.42 Å². The second kappa shape index (κ2) is 17.0. The Balaban J connectivity index is 3.67. The molecule has 0 fully saturated rings. The molecule has 0 aliphatic carbocycles. The molecule has 2 heteroatoms. The van der Waals surface area contributed by atoms with Crippen LogP contribution in [0.15, 0.2) is 0 Å². The molecule has 0 unspecified atom stereocenters. The van der Waals surface area contributed by atoms with E-state index in [1.807, 2.05) is 0 Å². The van der Waals surface area contributed by atoms with Gasteiger partial charge in [0.1, 0.15) is 0 Å². The maximum absolute atomic E-state index is 8.80. The number of unbranched alkanes of at least 4 members (excludes halogenated alkanes) is 9. The fourth-order valence-electron chi connectivity index (χ4n) is 2.66. The SMILES string of the molecule is CCCCCCN(CCCCCC)CCCCCCO. The van der Waals surface area contributed by atoms with Gasteiger partial charge in [-0.1, -0.05) is 65.2 Å². The van der Waals surface area contributed by atoms with Crippen molar-refractivity contribution in [3.63, 3.8) is 0 Å². The smallest absolute Gasteiger partial charge is 0.0431 e. The summed E-state index contributed by atoms with van der Waals surface area (Å²) in [6.07, 6.45) is 15.7. The molecule has 0 rings (SSSR count). The Morgan fingerprint density at radius 2 is 0.950 bits per heavy atom. The third-order valence-electron chi connectivity index (χ3n) is 4.04. The highest BCUT2D eigenvalue weighted by atomic mass is 16.2. The molecule has 0 spiro atoms. The van der Waals surface area contributed by atoms with Crippen LogP contribution >= 0.6 is 0 Å². The summed E-state index contributed by atoms with van der Waals surface area (Å²) >= 11 is 0. The molecule has 0 bridgehead atoms. The van der Waals surface area contributed by atoms with Crippen LogP contribution in [0.25, 0.3) is 0 Å². The molecule has 2 nitrogen and oxygen atoms in total. The van der Waals surface area contributed by atoms with Gasteiger partial charge in [-0.05, 0) is 45.3 Å². The van der Waals surface area contributed by atoms with E-state index < -0.39 is 0 Å². The lowest BCUT2D eigenvalue weighted by Gasteiger charge is -2.22. The topological polar surface area (TPSA) is 23.5 Å². The molecule has 0 aliphatic rings. The Labute approximate surface area is 127 Å². The molecule has 0 amide bonds. The predicted molar refractivity (Wildman–Crippen MR) is 90.3 cm³/mol. The normalized spacial score (nSPS) is 11.4. The van der Waals surface area contributed by atoms with E-state index >= 15 is 0 Å². The third kappa shape index (κ3) is 14.3. The number of hydrogen-bond acceptors (Lipinski definition) is 2. The molecule has 0 heterocycles. The van der Waals surface area contributed by atoms with Crippen molar-refractivity contribution in [3.05, 3.63) is 0 Å². The molecule has 1 N–H and O–H groups in total. The molecule has 0 aromatic heterocycles. The van der Waals surface area contributed by atoms with Crippen LogP contribution in [-0.4, -0.2) is 36.2 Å². The highest BCUT2D eigenvalue weighted by molar-refractivity contribution is 4.59. The summed E-state index contributed by atoms with van der Waals surface area (Å²) in [5, 5.41) is 8.80. The molecular formula is C18H39NO. The fourth-order valence-corrected chi connectivity index (χ4v) is 2.66. The molecule has 0 saturated carbocycles. The van der Waals surface area contributed by atoms with Crippen LogP contribution in [-0.2, 0) is 0 Å². The monoisotopic (exact) mass is 285 g/mol. The number of aliphatic hydroxyl groups is 1. The summed E-state index contributed by atoms with van der Waals surface area (Å²) < 4.78 is 0. The maximum Gasteiger partial charge on any atom is 0.0431 e. The van der Waals surface area contributed by atoms with Crippen LogP contribution in [0.1, 0.15) is 90.9 Å². The minimum atomic E-state index is 0.359. The minimum absolute atomic E-state index is 0.359. The standard InChI is InChI=1S/C18H39NO/c1-3-5-7-11-15-19(16-12-8-6-4-2)17-13-9-10-14-18-20/h20H,3-18H2,1-2H3. The average Bonchev–Trinajstić information content (AvgIpc) is 2.47. The van der Waals surface area contributed by atoms with Crippen molar-refractivity contribution in [1.29, 1.82) is 0 Å². The first-order valence-electron chi connectivity index (χ1n) is 9.18. The van der Waals surface area contributed by atoms with Crippen molar-refractivity contribution in [1.82, 2.24) is 4.90 Å². The van der Waals surface area contributed by atoms with Crippen molar-refractivity contribution < 1.29 is 5.11 Å². The van der Waals surface area contributed by atoms with Gasteiger partial charge in [0, 0.05) is 6.61 Å². The molecule has 0 aliphatic heterocycles. The van der Waals surface area contributed by atoms with Crippen molar-refractivity contribution in [2.75, 3.05) is 26.2 Å². The fraction of sp³-hybridized carbons (Fsp3) is 1.00. The van der Waals surface area contributed by atoms with Gasteiger partial charge in [-0.15, -0.1) is 0 Å². The second-order valence-corrected chi connectivity index (χ2v) is 6.10. The highest BCUT2D eigenvalue weighted by Crippen LogP contribution is 2.08. The first kappa shape index (κ1) is 19.9. The lowest BCUT2D eigenvalue weighted by atomic mass is 10.1. The van der Waals surface area contributed by atoms with Gasteiger partial charge >= 0.3 is 0 Å². The summed E-state index contributed by atoms with van der Waals surface area (Å²) in [5.74, 6) is 0. The number of aliphatic hydroxyl groups excluding tert-OH is 1. The lowest BCUT2D eigenvalue weighted by Crippen LogP contribution is -2.27. The minimum Gasteiger partial charge on any atom is -0.396 e. The summed E-state index contributed by atoms with van der Waals surface area (Å²) in [4.78, 5) is 2.68. The molecule has 0 saturated heterocycles. The van der Waals surface area contributed by atoms with Crippen molar-refractivity contribution in [3.8, 4) is 0 Å². The van der Waals surface area contributed by atoms with Gasteiger partial charge in [0.2, 0.25) is 0 Å². The van der Waals surface area contributed by atoms with Crippen molar-refractivity contribution in [2.45, 2.75) is 90.9 Å². The molecule has 0 aromatic rings. The molecule has 0 radical (unpaired) electrons. The van der Waals surface area contributed by atoms with E-state index in [1.165, 1.54) is 90.3 Å². The molecule has 0 aromatic carbocycles. The van der Waals surface area contributed by atoms with Crippen LogP contribution in [0.2, 0.25) is 0 Å². The molecule has 0 atom stereocenters. The van der Waals surface area contributed by atoms with E-state index in [4.69, 9.17) is 5.11 Å². The maximum atomic E-state index is 8.80. The lowest BCUT2D eigenvalue weighted by molar-refractivity contribution is 0.250. The third-order valence-corrected chi connectivity index (χ3v) is 4.04. The van der Waals surface area contributed by atoms with Crippen molar-refractivity contribution in [2.24, 2.45) is 0 Å². The molecule has 20 heavy (non-hydrogen) atoms. The van der Waals surface area contributed by atoms with Crippen LogP contribution in [0.3, 0.4) is 0 Å². The van der Waals surface area contributed by atoms with Gasteiger partial charge < -0.3 is 10.0 Å². The summed E-state index contributed by atoms with van der Waals surface area (Å²) in [6, 6.07) is 0. The van der Waals surface area contributed by atoms with Crippen molar-refractivity contribution >= 4 is 0 Å². The second-order valence-electron chi connectivity index (χ2n) is 6.10. The van der Waals surface area contributed by atoms with E-state index in [0.29, 0.717) is 6.61 Å². The zero-order valence-electron chi connectivity index (χ0n) is 14.2. The van der Waals surface area contributed by atoms with Gasteiger partial charge in [-0.25, -0.2) is 0 Å².